The standard InChI is InChI=1S/C11H13N3O2S/c1-3-15-10-6-8(4-5-9(10)12)17-11-14-13-7(2)16-11/h4-6H,3,12H2,1-2H3. The Morgan fingerprint density at radius 1 is 1.41 bits per heavy atom. The van der Waals surface area contributed by atoms with E-state index >= 15 is 0 Å². The van der Waals surface area contributed by atoms with Crippen LogP contribution in [0, 0.1) is 6.92 Å². The highest BCUT2D eigenvalue weighted by Crippen LogP contribution is 2.32. The highest BCUT2D eigenvalue weighted by atomic mass is 32.2. The Bertz CT molecular complexity index is 513. The van der Waals surface area contributed by atoms with Gasteiger partial charge in [-0.3, -0.25) is 0 Å². The second kappa shape index (κ2) is 5.09. The Labute approximate surface area is 103 Å². The molecule has 2 N–H and O–H groups in total. The van der Waals surface area contributed by atoms with Crippen LogP contribution in [0.15, 0.2) is 32.7 Å². The Kier molecular flexibility index (Phi) is 3.53. The van der Waals surface area contributed by atoms with Crippen molar-refractivity contribution >= 4 is 17.4 Å². The molecule has 1 aromatic heterocycles. The van der Waals surface area contributed by atoms with Gasteiger partial charge in [0.1, 0.15) is 5.75 Å². The molecule has 90 valence electrons. The van der Waals surface area contributed by atoms with Gasteiger partial charge in [-0.1, -0.05) is 0 Å². The Balaban J connectivity index is 2.18. The molecular formula is C11H13N3O2S. The third-order valence-corrected chi connectivity index (χ3v) is 2.83. The largest absolute Gasteiger partial charge is 0.492 e. The molecule has 2 aromatic rings. The molecule has 1 aromatic carbocycles. The number of nitrogens with zero attached hydrogens (tertiary/aromatic N) is 2. The van der Waals surface area contributed by atoms with Gasteiger partial charge in [-0.15, -0.1) is 10.2 Å². The lowest BCUT2D eigenvalue weighted by atomic mass is 10.3. The Hall–Kier alpha value is -1.69. The van der Waals surface area contributed by atoms with Crippen LogP contribution in [0.1, 0.15) is 12.8 Å². The highest BCUT2D eigenvalue weighted by Gasteiger charge is 2.07. The van der Waals surface area contributed by atoms with E-state index in [2.05, 4.69) is 10.2 Å². The number of hydrogen-bond acceptors (Lipinski definition) is 6. The number of aryl methyl sites for hydroxylation is 1. The summed E-state index contributed by atoms with van der Waals surface area (Å²) in [5.41, 5.74) is 6.41. The lowest BCUT2D eigenvalue weighted by Gasteiger charge is -2.07. The Morgan fingerprint density at radius 3 is 2.88 bits per heavy atom. The van der Waals surface area contributed by atoms with Crippen LogP contribution in [0.3, 0.4) is 0 Å². The first-order valence-electron chi connectivity index (χ1n) is 5.19. The zero-order valence-corrected chi connectivity index (χ0v) is 10.5. The van der Waals surface area contributed by atoms with Gasteiger partial charge in [0, 0.05) is 11.8 Å². The fourth-order valence-electron chi connectivity index (χ4n) is 1.28. The maximum Gasteiger partial charge on any atom is 0.281 e. The van der Waals surface area contributed by atoms with Crippen molar-refractivity contribution in [3.8, 4) is 5.75 Å². The summed E-state index contributed by atoms with van der Waals surface area (Å²) in [6.07, 6.45) is 0. The van der Waals surface area contributed by atoms with E-state index in [4.69, 9.17) is 14.9 Å². The molecule has 0 saturated heterocycles. The summed E-state index contributed by atoms with van der Waals surface area (Å²) >= 11 is 1.38. The molecule has 0 bridgehead atoms. The van der Waals surface area contributed by atoms with E-state index in [-0.39, 0.29) is 0 Å². The summed E-state index contributed by atoms with van der Waals surface area (Å²) in [6, 6.07) is 5.56. The van der Waals surface area contributed by atoms with Gasteiger partial charge in [0.2, 0.25) is 5.89 Å². The summed E-state index contributed by atoms with van der Waals surface area (Å²) in [6.45, 7) is 4.25. The van der Waals surface area contributed by atoms with Gasteiger partial charge >= 0.3 is 0 Å². The van der Waals surface area contributed by atoms with Crippen molar-refractivity contribution in [3.63, 3.8) is 0 Å². The van der Waals surface area contributed by atoms with Crippen LogP contribution in [0.25, 0.3) is 0 Å². The number of nitrogen functional groups attached to an aromatic ring is 1. The summed E-state index contributed by atoms with van der Waals surface area (Å²) < 4.78 is 10.7. The smallest absolute Gasteiger partial charge is 0.281 e. The van der Waals surface area contributed by atoms with Crippen LogP contribution in [-0.4, -0.2) is 16.8 Å². The van der Waals surface area contributed by atoms with E-state index < -0.39 is 0 Å². The van der Waals surface area contributed by atoms with Crippen LogP contribution >= 0.6 is 11.8 Å². The zero-order valence-electron chi connectivity index (χ0n) is 9.64. The normalized spacial score (nSPS) is 10.5. The SMILES string of the molecule is CCOc1cc(Sc2nnc(C)o2)ccc1N. The monoisotopic (exact) mass is 251 g/mol. The lowest BCUT2D eigenvalue weighted by Crippen LogP contribution is -1.96. The topological polar surface area (TPSA) is 74.2 Å². The molecule has 17 heavy (non-hydrogen) atoms. The molecule has 6 heteroatoms. The van der Waals surface area contributed by atoms with E-state index in [1.54, 1.807) is 13.0 Å². The molecule has 0 saturated carbocycles. The molecular weight excluding hydrogens is 238 g/mol. The third-order valence-electron chi connectivity index (χ3n) is 2.00. The summed E-state index contributed by atoms with van der Waals surface area (Å²) in [4.78, 5) is 0.950. The first-order chi connectivity index (χ1) is 8.19. The number of nitrogens with two attached hydrogens (primary N) is 1. The zero-order chi connectivity index (χ0) is 12.3. The van der Waals surface area contributed by atoms with E-state index in [1.807, 2.05) is 19.1 Å². The molecule has 0 spiro atoms. The van der Waals surface area contributed by atoms with Crippen molar-refractivity contribution in [1.82, 2.24) is 10.2 Å². The predicted octanol–water partition coefficient (Wildman–Crippen LogP) is 2.51. The molecule has 0 unspecified atom stereocenters. The number of anilines is 1. The number of rotatable bonds is 4. The fraction of sp³-hybridized carbons (Fsp3) is 0.273. The molecule has 1 heterocycles. The molecule has 0 radical (unpaired) electrons. The number of hydrogen-bond donors (Lipinski definition) is 1. The second-order valence-electron chi connectivity index (χ2n) is 3.32. The van der Waals surface area contributed by atoms with Gasteiger partial charge in [-0.2, -0.15) is 0 Å². The summed E-state index contributed by atoms with van der Waals surface area (Å²) in [5.74, 6) is 1.22. The molecule has 2 rings (SSSR count). The molecule has 0 aliphatic carbocycles. The van der Waals surface area contributed by atoms with Crippen LogP contribution in [0.2, 0.25) is 0 Å². The lowest BCUT2D eigenvalue weighted by molar-refractivity contribution is 0.341. The minimum atomic E-state index is 0.509. The quantitative estimate of drug-likeness (QED) is 0.841. The summed E-state index contributed by atoms with van der Waals surface area (Å²) in [7, 11) is 0. The summed E-state index contributed by atoms with van der Waals surface area (Å²) in [5, 5.41) is 8.19. The van der Waals surface area contributed by atoms with Gasteiger partial charge in [0.05, 0.1) is 12.3 Å². The van der Waals surface area contributed by atoms with Crippen LogP contribution < -0.4 is 10.5 Å². The molecule has 0 atom stereocenters. The first-order valence-corrected chi connectivity index (χ1v) is 6.01. The van der Waals surface area contributed by atoms with Crippen molar-refractivity contribution in [1.29, 1.82) is 0 Å². The van der Waals surface area contributed by atoms with E-state index in [0.29, 0.717) is 29.2 Å². The van der Waals surface area contributed by atoms with Crippen LogP contribution in [-0.2, 0) is 0 Å². The van der Waals surface area contributed by atoms with Gasteiger partial charge in [-0.05, 0) is 36.9 Å². The van der Waals surface area contributed by atoms with Crippen molar-refractivity contribution < 1.29 is 9.15 Å². The molecule has 0 fully saturated rings. The van der Waals surface area contributed by atoms with Gasteiger partial charge in [-0.25, -0.2) is 0 Å². The molecule has 0 amide bonds. The third kappa shape index (κ3) is 2.91. The minimum Gasteiger partial charge on any atom is -0.492 e. The molecule has 5 nitrogen and oxygen atoms in total. The van der Waals surface area contributed by atoms with Crippen molar-refractivity contribution in [2.24, 2.45) is 0 Å². The number of ether oxygens (including phenoxy) is 1. The van der Waals surface area contributed by atoms with Crippen LogP contribution in [0.4, 0.5) is 5.69 Å². The van der Waals surface area contributed by atoms with Crippen LogP contribution in [0.5, 0.6) is 5.75 Å². The average Bonchev–Trinajstić information content (AvgIpc) is 2.69. The number of benzene rings is 1. The van der Waals surface area contributed by atoms with E-state index in [9.17, 15) is 0 Å². The van der Waals surface area contributed by atoms with Crippen molar-refractivity contribution in [3.05, 3.63) is 24.1 Å². The van der Waals surface area contributed by atoms with Crippen molar-refractivity contribution in [2.75, 3.05) is 12.3 Å². The first kappa shape index (κ1) is 11.8. The number of aromatic nitrogens is 2. The van der Waals surface area contributed by atoms with E-state index in [0.717, 1.165) is 4.90 Å². The van der Waals surface area contributed by atoms with Crippen molar-refractivity contribution in [2.45, 2.75) is 24.0 Å². The average molecular weight is 251 g/mol. The maximum atomic E-state index is 5.79. The van der Waals surface area contributed by atoms with Gasteiger partial charge < -0.3 is 14.9 Å². The Morgan fingerprint density at radius 2 is 2.24 bits per heavy atom. The van der Waals surface area contributed by atoms with Gasteiger partial charge in [0.15, 0.2) is 0 Å². The maximum absolute atomic E-state index is 5.79. The van der Waals surface area contributed by atoms with E-state index in [1.165, 1.54) is 11.8 Å². The van der Waals surface area contributed by atoms with Gasteiger partial charge in [0.25, 0.3) is 5.22 Å². The molecule has 0 aliphatic heterocycles. The minimum absolute atomic E-state index is 0.509. The fourth-order valence-corrected chi connectivity index (χ4v) is 2.03. The predicted molar refractivity (Wildman–Crippen MR) is 65.2 cm³/mol. The second-order valence-corrected chi connectivity index (χ2v) is 4.35. The highest BCUT2D eigenvalue weighted by molar-refractivity contribution is 7.99. The molecule has 0 aliphatic rings.